The summed E-state index contributed by atoms with van der Waals surface area (Å²) in [5.41, 5.74) is 0. The van der Waals surface area contributed by atoms with Gasteiger partial charge in [0.05, 0.1) is 27.7 Å². The fourth-order valence-electron chi connectivity index (χ4n) is 9.71. The van der Waals surface area contributed by atoms with E-state index in [4.69, 9.17) is 18.5 Å². The van der Waals surface area contributed by atoms with Crippen molar-refractivity contribution in [3.63, 3.8) is 0 Å². The van der Waals surface area contributed by atoms with Crippen LogP contribution in [0.4, 0.5) is 0 Å². The van der Waals surface area contributed by atoms with E-state index in [1.165, 1.54) is 199 Å². The molecular weight excluding hydrogens is 1040 g/mol. The highest BCUT2D eigenvalue weighted by molar-refractivity contribution is 7.47. The van der Waals surface area contributed by atoms with E-state index < -0.39 is 26.5 Å². The quantitative estimate of drug-likeness (QED) is 0.0211. The van der Waals surface area contributed by atoms with E-state index in [0.29, 0.717) is 23.9 Å². The van der Waals surface area contributed by atoms with Gasteiger partial charge in [-0.3, -0.25) is 18.6 Å². The third kappa shape index (κ3) is 66.3. The molecule has 0 aliphatic heterocycles. The van der Waals surface area contributed by atoms with Gasteiger partial charge in [0.25, 0.3) is 0 Å². The molecule has 0 saturated carbocycles. The monoisotopic (exact) mass is 1170 g/mol. The van der Waals surface area contributed by atoms with Gasteiger partial charge in [-0.2, -0.15) is 0 Å². The number of allylic oxidation sites excluding steroid dienone is 14. The fourth-order valence-corrected chi connectivity index (χ4v) is 10.4. The molecule has 0 aromatic carbocycles. The number of nitrogens with zero attached hydrogens (tertiary/aromatic N) is 1. The van der Waals surface area contributed by atoms with Gasteiger partial charge < -0.3 is 18.9 Å². The summed E-state index contributed by atoms with van der Waals surface area (Å²) in [6.07, 6.45) is 85.4. The second-order valence-corrected chi connectivity index (χ2v) is 25.6. The van der Waals surface area contributed by atoms with Crippen molar-refractivity contribution in [3.05, 3.63) is 85.1 Å². The van der Waals surface area contributed by atoms with Gasteiger partial charge in [-0.05, 0) is 70.6 Å². The van der Waals surface area contributed by atoms with Crippen molar-refractivity contribution in [2.24, 2.45) is 0 Å². The number of hydrogen-bond donors (Lipinski definition) is 1. The first-order chi connectivity index (χ1) is 40.0. The Kier molecular flexibility index (Phi) is 60.6. The third-order valence-corrected chi connectivity index (χ3v) is 15.9. The Hall–Kier alpha value is -2.81. The van der Waals surface area contributed by atoms with Crippen LogP contribution in [0, 0.1) is 0 Å². The summed E-state index contributed by atoms with van der Waals surface area (Å²) in [5, 5.41) is 0. The average molecular weight is 1170 g/mol. The highest BCUT2D eigenvalue weighted by Gasteiger charge is 2.27. The van der Waals surface area contributed by atoms with Crippen LogP contribution in [-0.4, -0.2) is 74.9 Å². The van der Waals surface area contributed by atoms with E-state index in [2.05, 4.69) is 98.9 Å². The van der Waals surface area contributed by atoms with E-state index in [9.17, 15) is 19.0 Å². The second kappa shape index (κ2) is 62.7. The fraction of sp³-hybridized carbons (Fsp3) is 0.778. The van der Waals surface area contributed by atoms with Gasteiger partial charge in [0.15, 0.2) is 6.10 Å². The molecule has 2 atom stereocenters. The summed E-state index contributed by atoms with van der Waals surface area (Å²) in [6.45, 7) is 4.36. The molecule has 0 aromatic heterocycles. The van der Waals surface area contributed by atoms with Crippen LogP contribution in [0.25, 0.3) is 0 Å². The molecule has 0 radical (unpaired) electrons. The molecule has 82 heavy (non-hydrogen) atoms. The maximum absolute atomic E-state index is 12.9. The SMILES string of the molecule is CC/C=C\C/C=C\C/C=C\C/C=C\C/C=C\C/C=C\C/C=C\CCCCCCCCCCCCCCCCCC(=O)OC(COC(=O)CCCCCCCCCCCCCCCCCCCCCCC)COP(=O)(O)OCC[N+](C)(C)C. The Morgan fingerprint density at radius 3 is 1.04 bits per heavy atom. The Bertz CT molecular complexity index is 1660. The lowest BCUT2D eigenvalue weighted by atomic mass is 10.0. The van der Waals surface area contributed by atoms with Crippen LogP contribution < -0.4 is 0 Å². The number of rotatable bonds is 63. The van der Waals surface area contributed by atoms with Crippen LogP contribution in [0.1, 0.15) is 309 Å². The van der Waals surface area contributed by atoms with Gasteiger partial charge >= 0.3 is 19.8 Å². The summed E-state index contributed by atoms with van der Waals surface area (Å²) in [4.78, 5) is 35.8. The Labute approximate surface area is 507 Å². The second-order valence-electron chi connectivity index (χ2n) is 24.2. The lowest BCUT2D eigenvalue weighted by molar-refractivity contribution is -0.870. The number of likely N-dealkylation sites (N-methyl/N-ethyl adjacent to an activating group) is 1. The number of hydrogen-bond acceptors (Lipinski definition) is 7. The minimum atomic E-state index is -4.39. The summed E-state index contributed by atoms with van der Waals surface area (Å²) in [6, 6.07) is 0. The first kappa shape index (κ1) is 79.2. The summed E-state index contributed by atoms with van der Waals surface area (Å²) >= 11 is 0. The van der Waals surface area contributed by atoms with E-state index >= 15 is 0 Å². The molecule has 0 heterocycles. The smallest absolute Gasteiger partial charge is 0.462 e. The Balaban J connectivity index is 4.02. The van der Waals surface area contributed by atoms with Crippen molar-refractivity contribution >= 4 is 19.8 Å². The van der Waals surface area contributed by atoms with Gasteiger partial charge in [-0.1, -0.05) is 311 Å². The molecular formula is C72H131NO8P+. The third-order valence-electron chi connectivity index (χ3n) is 14.9. The van der Waals surface area contributed by atoms with Crippen LogP contribution in [0.5, 0.6) is 0 Å². The molecule has 0 aromatic rings. The number of unbranched alkanes of at least 4 members (excludes halogenated alkanes) is 35. The van der Waals surface area contributed by atoms with Gasteiger partial charge in [-0.25, -0.2) is 4.57 Å². The van der Waals surface area contributed by atoms with Crippen LogP contribution in [0.3, 0.4) is 0 Å². The summed E-state index contributed by atoms with van der Waals surface area (Å²) in [7, 11) is 1.49. The molecule has 0 spiro atoms. The standard InChI is InChI=1S/C72H130NO8P/c1-6-8-10-12-14-16-18-20-22-24-26-28-29-30-31-32-33-34-35-36-37-38-39-40-41-42-43-45-47-49-51-53-55-57-59-61-63-65-72(75)81-70(69-80-82(76,77)79-67-66-73(3,4)5)68-78-71(74)64-62-60-58-56-54-52-50-48-46-44-27-25-23-21-19-17-15-13-11-9-7-2/h8,10,14,16,20,22,26,28,30-31,33-34,36-37,70H,6-7,9,11-13,15,17-19,21,23-25,27,29,32,35,38-69H2,1-5H3/p+1/b10-8-,16-14-,22-20-,28-26-,31-30-,34-33-,37-36-. The predicted octanol–water partition coefficient (Wildman–Crippen LogP) is 22.2. The number of phosphoric ester groups is 1. The molecule has 0 saturated heterocycles. The van der Waals surface area contributed by atoms with Gasteiger partial charge in [0.2, 0.25) is 0 Å². The largest absolute Gasteiger partial charge is 0.472 e. The van der Waals surface area contributed by atoms with E-state index in [-0.39, 0.29) is 25.6 Å². The van der Waals surface area contributed by atoms with Gasteiger partial charge in [-0.15, -0.1) is 0 Å². The Morgan fingerprint density at radius 1 is 0.390 bits per heavy atom. The molecule has 1 N–H and O–H groups in total. The molecule has 0 fully saturated rings. The highest BCUT2D eigenvalue weighted by atomic mass is 31.2. The number of carbonyl (C=O) groups excluding carboxylic acids is 2. The Morgan fingerprint density at radius 2 is 0.695 bits per heavy atom. The van der Waals surface area contributed by atoms with Gasteiger partial charge in [0, 0.05) is 12.8 Å². The van der Waals surface area contributed by atoms with Crippen molar-refractivity contribution in [2.75, 3.05) is 47.5 Å². The summed E-state index contributed by atoms with van der Waals surface area (Å²) in [5.74, 6) is -0.784. The van der Waals surface area contributed by atoms with Crippen molar-refractivity contribution < 1.29 is 42.1 Å². The molecule has 10 heteroatoms. The first-order valence-corrected chi connectivity index (χ1v) is 35.8. The average Bonchev–Trinajstić information content (AvgIpc) is 3.46. The van der Waals surface area contributed by atoms with Crippen molar-refractivity contribution in [3.8, 4) is 0 Å². The lowest BCUT2D eigenvalue weighted by Crippen LogP contribution is -2.37. The number of esters is 2. The van der Waals surface area contributed by atoms with Crippen molar-refractivity contribution in [1.82, 2.24) is 0 Å². The van der Waals surface area contributed by atoms with E-state index in [0.717, 1.165) is 77.0 Å². The van der Waals surface area contributed by atoms with Crippen LogP contribution in [0.2, 0.25) is 0 Å². The van der Waals surface area contributed by atoms with Crippen LogP contribution >= 0.6 is 7.82 Å². The van der Waals surface area contributed by atoms with Crippen LogP contribution in [0.15, 0.2) is 85.1 Å². The summed E-state index contributed by atoms with van der Waals surface area (Å²) < 4.78 is 34.7. The zero-order valence-electron chi connectivity index (χ0n) is 54.2. The molecule has 2 unspecified atom stereocenters. The molecule has 0 aliphatic rings. The number of carbonyl (C=O) groups is 2. The minimum absolute atomic E-state index is 0.0316. The number of phosphoric acid groups is 1. The predicted molar refractivity (Wildman–Crippen MR) is 353 cm³/mol. The molecule has 476 valence electrons. The normalized spacial score (nSPS) is 13.7. The zero-order valence-corrected chi connectivity index (χ0v) is 55.1. The topological polar surface area (TPSA) is 108 Å². The minimum Gasteiger partial charge on any atom is -0.462 e. The van der Waals surface area contributed by atoms with Gasteiger partial charge in [0.1, 0.15) is 19.8 Å². The lowest BCUT2D eigenvalue weighted by Gasteiger charge is -2.24. The number of ether oxygens (including phenoxy) is 2. The zero-order chi connectivity index (χ0) is 59.8. The van der Waals surface area contributed by atoms with Crippen molar-refractivity contribution in [2.45, 2.75) is 315 Å². The molecule has 0 rings (SSSR count). The first-order valence-electron chi connectivity index (χ1n) is 34.3. The van der Waals surface area contributed by atoms with Crippen molar-refractivity contribution in [1.29, 1.82) is 0 Å². The number of quaternary nitrogens is 1. The van der Waals surface area contributed by atoms with E-state index in [1.807, 2.05) is 21.1 Å². The molecule has 0 aliphatic carbocycles. The highest BCUT2D eigenvalue weighted by Crippen LogP contribution is 2.43. The molecule has 0 amide bonds. The maximum atomic E-state index is 12.9. The molecule has 9 nitrogen and oxygen atoms in total. The maximum Gasteiger partial charge on any atom is 0.472 e. The molecule has 0 bridgehead atoms. The van der Waals surface area contributed by atoms with E-state index in [1.54, 1.807) is 0 Å². The van der Waals surface area contributed by atoms with Crippen LogP contribution in [-0.2, 0) is 32.7 Å².